The third-order valence-corrected chi connectivity index (χ3v) is 5.84. The van der Waals surface area contributed by atoms with Gasteiger partial charge in [0.1, 0.15) is 5.82 Å². The van der Waals surface area contributed by atoms with Crippen molar-refractivity contribution in [1.82, 2.24) is 0 Å². The lowest BCUT2D eigenvalue weighted by molar-refractivity contribution is 0.508. The Morgan fingerprint density at radius 3 is 2.06 bits per heavy atom. The highest BCUT2D eigenvalue weighted by Gasteiger charge is 2.06. The van der Waals surface area contributed by atoms with Crippen molar-refractivity contribution >= 4 is 10.8 Å². The number of fused-ring (bicyclic) bond motifs is 1. The van der Waals surface area contributed by atoms with Crippen LogP contribution in [0.15, 0.2) is 72.8 Å². The molecule has 174 valence electrons. The highest BCUT2D eigenvalue weighted by atomic mass is 19.2. The predicted octanol–water partition coefficient (Wildman–Crippen LogP) is 8.18. The average Bonchev–Trinajstić information content (AvgIpc) is 2.87. The number of rotatable bonds is 5. The Hall–Kier alpha value is -3.95. The molecule has 4 aromatic carbocycles. The van der Waals surface area contributed by atoms with Crippen LogP contribution in [-0.4, -0.2) is 0 Å². The third kappa shape index (κ3) is 6.34. The number of halogens is 3. The normalized spacial score (nSPS) is 10.4. The topological polar surface area (TPSA) is 0 Å². The zero-order chi connectivity index (χ0) is 24.6. The maximum atomic E-state index is 15.0. The first kappa shape index (κ1) is 24.2. The van der Waals surface area contributed by atoms with Crippen molar-refractivity contribution in [2.24, 2.45) is 0 Å². The molecule has 0 spiro atoms. The summed E-state index contributed by atoms with van der Waals surface area (Å²) in [5.74, 6) is 9.35. The minimum atomic E-state index is -0.984. The zero-order valence-corrected chi connectivity index (χ0v) is 19.6. The smallest absolute Gasteiger partial charge is 0.160 e. The van der Waals surface area contributed by atoms with E-state index in [0.29, 0.717) is 5.39 Å². The van der Waals surface area contributed by atoms with Gasteiger partial charge in [-0.25, -0.2) is 13.2 Å². The molecule has 0 nitrogen and oxygen atoms in total. The number of hydrogen-bond acceptors (Lipinski definition) is 0. The molecule has 0 amide bonds. The molecule has 4 rings (SSSR count). The molecule has 35 heavy (non-hydrogen) atoms. The summed E-state index contributed by atoms with van der Waals surface area (Å²) in [4.78, 5) is 0. The summed E-state index contributed by atoms with van der Waals surface area (Å²) in [5, 5.41) is 1.15. The van der Waals surface area contributed by atoms with Crippen molar-refractivity contribution in [3.63, 3.8) is 0 Å². The maximum Gasteiger partial charge on any atom is 0.160 e. The monoisotopic (exact) mass is 466 g/mol. The lowest BCUT2D eigenvalue weighted by Gasteiger charge is -2.03. The largest absolute Gasteiger partial charge is 0.205 e. The van der Waals surface area contributed by atoms with Crippen LogP contribution in [0, 0.1) is 41.1 Å². The standard InChI is InChI=1S/C32H25F3/c1-2-3-4-5-6-23-7-9-24(10-8-23)11-12-25-14-19-29-28(21-25)18-17-27(32(29)35)16-13-26-15-20-30(33)31(34)22-26/h7-10,14-15,17-22H,2-6H2,1H3. The summed E-state index contributed by atoms with van der Waals surface area (Å²) in [5.41, 5.74) is 3.53. The van der Waals surface area contributed by atoms with Crippen LogP contribution in [0.2, 0.25) is 0 Å². The summed E-state index contributed by atoms with van der Waals surface area (Å²) in [6.45, 7) is 2.22. The summed E-state index contributed by atoms with van der Waals surface area (Å²) < 4.78 is 41.4. The summed E-state index contributed by atoms with van der Waals surface area (Å²) in [7, 11) is 0. The molecule has 0 unspecified atom stereocenters. The van der Waals surface area contributed by atoms with Crippen molar-refractivity contribution in [3.05, 3.63) is 118 Å². The van der Waals surface area contributed by atoms with Gasteiger partial charge in [0.2, 0.25) is 0 Å². The van der Waals surface area contributed by atoms with Crippen LogP contribution in [0.5, 0.6) is 0 Å². The summed E-state index contributed by atoms with van der Waals surface area (Å²) >= 11 is 0. The first-order chi connectivity index (χ1) is 17.0. The second-order valence-corrected chi connectivity index (χ2v) is 8.50. The molecule has 0 bridgehead atoms. The van der Waals surface area contributed by atoms with Gasteiger partial charge in [-0.15, -0.1) is 0 Å². The van der Waals surface area contributed by atoms with Crippen LogP contribution < -0.4 is 0 Å². The SMILES string of the molecule is CCCCCCc1ccc(C#Cc2ccc3c(F)c(C#Cc4ccc(F)c(F)c4)ccc3c2)cc1. The maximum absolute atomic E-state index is 15.0. The summed E-state index contributed by atoms with van der Waals surface area (Å²) in [6.07, 6.45) is 6.10. The number of aryl methyl sites for hydroxylation is 1. The lowest BCUT2D eigenvalue weighted by atomic mass is 10.0. The van der Waals surface area contributed by atoms with E-state index < -0.39 is 17.5 Å². The Kier molecular flexibility index (Phi) is 7.92. The molecule has 0 saturated carbocycles. The van der Waals surface area contributed by atoms with E-state index in [1.807, 2.05) is 18.2 Å². The molecule has 0 radical (unpaired) electrons. The van der Waals surface area contributed by atoms with Gasteiger partial charge in [0, 0.05) is 22.1 Å². The van der Waals surface area contributed by atoms with Crippen LogP contribution >= 0.6 is 0 Å². The van der Waals surface area contributed by atoms with Gasteiger partial charge in [0.25, 0.3) is 0 Å². The number of unbranched alkanes of at least 4 members (excludes halogenated alkanes) is 3. The minimum absolute atomic E-state index is 0.191. The molecule has 0 aliphatic carbocycles. The molecular weight excluding hydrogens is 441 g/mol. The van der Waals surface area contributed by atoms with E-state index in [1.165, 1.54) is 37.3 Å². The number of benzene rings is 4. The fourth-order valence-corrected chi connectivity index (χ4v) is 3.83. The molecule has 4 aromatic rings. The second kappa shape index (κ2) is 11.5. The van der Waals surface area contributed by atoms with Crippen LogP contribution in [0.3, 0.4) is 0 Å². The fourth-order valence-electron chi connectivity index (χ4n) is 3.83. The van der Waals surface area contributed by atoms with Gasteiger partial charge in [0.05, 0.1) is 5.56 Å². The quantitative estimate of drug-likeness (QED) is 0.205. The van der Waals surface area contributed by atoms with Gasteiger partial charge in [0.15, 0.2) is 11.6 Å². The van der Waals surface area contributed by atoms with Gasteiger partial charge in [-0.1, -0.05) is 74.1 Å². The second-order valence-electron chi connectivity index (χ2n) is 8.50. The molecule has 0 N–H and O–H groups in total. The molecule has 0 aliphatic heterocycles. The molecule has 3 heteroatoms. The van der Waals surface area contributed by atoms with Crippen molar-refractivity contribution in [2.75, 3.05) is 0 Å². The van der Waals surface area contributed by atoms with Crippen molar-refractivity contribution < 1.29 is 13.2 Å². The Balaban J connectivity index is 1.49. The minimum Gasteiger partial charge on any atom is -0.205 e. The fraction of sp³-hybridized carbons (Fsp3) is 0.188. The molecule has 0 saturated heterocycles. The van der Waals surface area contributed by atoms with Gasteiger partial charge in [-0.3, -0.25) is 0 Å². The molecular formula is C32H25F3. The van der Waals surface area contributed by atoms with Crippen LogP contribution in [-0.2, 0) is 6.42 Å². The van der Waals surface area contributed by atoms with E-state index in [0.717, 1.165) is 35.1 Å². The Bertz CT molecular complexity index is 1460. The lowest BCUT2D eigenvalue weighted by Crippen LogP contribution is -1.89. The Morgan fingerprint density at radius 2 is 1.29 bits per heavy atom. The van der Waals surface area contributed by atoms with E-state index >= 15 is 0 Å². The molecule has 0 atom stereocenters. The Labute approximate surface area is 204 Å². The van der Waals surface area contributed by atoms with E-state index in [4.69, 9.17) is 0 Å². The van der Waals surface area contributed by atoms with Crippen LogP contribution in [0.25, 0.3) is 10.8 Å². The Morgan fingerprint density at radius 1 is 0.600 bits per heavy atom. The van der Waals surface area contributed by atoms with E-state index in [1.54, 1.807) is 24.3 Å². The summed E-state index contributed by atoms with van der Waals surface area (Å²) in [6, 6.07) is 20.4. The van der Waals surface area contributed by atoms with Gasteiger partial charge in [-0.2, -0.15) is 0 Å². The van der Waals surface area contributed by atoms with Crippen molar-refractivity contribution in [1.29, 1.82) is 0 Å². The van der Waals surface area contributed by atoms with Crippen LogP contribution in [0.1, 0.15) is 60.4 Å². The van der Waals surface area contributed by atoms with Crippen molar-refractivity contribution in [3.8, 4) is 23.7 Å². The van der Waals surface area contributed by atoms with E-state index in [-0.39, 0.29) is 11.1 Å². The highest BCUT2D eigenvalue weighted by Crippen LogP contribution is 2.22. The molecule has 0 heterocycles. The van der Waals surface area contributed by atoms with E-state index in [2.05, 4.69) is 42.7 Å². The van der Waals surface area contributed by atoms with Gasteiger partial charge in [-0.05, 0) is 72.3 Å². The van der Waals surface area contributed by atoms with Crippen LogP contribution in [0.4, 0.5) is 13.2 Å². The van der Waals surface area contributed by atoms with Gasteiger partial charge < -0.3 is 0 Å². The zero-order valence-electron chi connectivity index (χ0n) is 19.6. The first-order valence-electron chi connectivity index (χ1n) is 11.8. The molecule has 0 aliphatic rings. The average molecular weight is 467 g/mol. The molecule has 0 aromatic heterocycles. The predicted molar refractivity (Wildman–Crippen MR) is 137 cm³/mol. The van der Waals surface area contributed by atoms with Crippen molar-refractivity contribution in [2.45, 2.75) is 39.0 Å². The third-order valence-electron chi connectivity index (χ3n) is 5.84. The van der Waals surface area contributed by atoms with Gasteiger partial charge >= 0.3 is 0 Å². The number of hydrogen-bond donors (Lipinski definition) is 0. The highest BCUT2D eigenvalue weighted by molar-refractivity contribution is 5.86. The molecule has 0 fully saturated rings. The van der Waals surface area contributed by atoms with E-state index in [9.17, 15) is 13.2 Å². The first-order valence-corrected chi connectivity index (χ1v) is 11.8.